The van der Waals surface area contributed by atoms with E-state index in [-0.39, 0.29) is 24.8 Å². The minimum atomic E-state index is -2.59. The van der Waals surface area contributed by atoms with Crippen LogP contribution >= 0.6 is 0 Å². The predicted octanol–water partition coefficient (Wildman–Crippen LogP) is 0.366. The van der Waals surface area contributed by atoms with Crippen LogP contribution in [0.2, 0.25) is 0 Å². The van der Waals surface area contributed by atoms with Gasteiger partial charge in [0.15, 0.2) is 0 Å². The Kier molecular flexibility index (Phi) is 1.84. The number of hydrogen-bond acceptors (Lipinski definition) is 2. The number of halogens is 2. The van der Waals surface area contributed by atoms with Gasteiger partial charge in [-0.3, -0.25) is 4.79 Å². The first kappa shape index (κ1) is 9.51. The topological polar surface area (TPSA) is 41.1 Å². The fourth-order valence-corrected chi connectivity index (χ4v) is 2.76. The molecule has 1 amide bonds. The van der Waals surface area contributed by atoms with E-state index in [0.717, 1.165) is 13.1 Å². The monoisotopic (exact) mass is 216 g/mol. The van der Waals surface area contributed by atoms with Gasteiger partial charge in [0.2, 0.25) is 11.8 Å². The number of piperidine rings is 1. The summed E-state index contributed by atoms with van der Waals surface area (Å²) in [6.07, 6.45) is -0.529. The van der Waals surface area contributed by atoms with Crippen LogP contribution in [0, 0.1) is 17.8 Å². The molecule has 1 aliphatic heterocycles. The van der Waals surface area contributed by atoms with Gasteiger partial charge in [-0.15, -0.1) is 0 Å². The van der Waals surface area contributed by atoms with Crippen LogP contribution in [0.25, 0.3) is 0 Å². The Bertz CT molecular complexity index is 290. The van der Waals surface area contributed by atoms with E-state index in [4.69, 9.17) is 0 Å². The van der Waals surface area contributed by atoms with Crippen LogP contribution in [-0.4, -0.2) is 31.0 Å². The summed E-state index contributed by atoms with van der Waals surface area (Å²) in [4.78, 5) is 11.5. The molecule has 5 heteroatoms. The van der Waals surface area contributed by atoms with Crippen molar-refractivity contribution in [3.63, 3.8) is 0 Å². The number of carbonyl (C=O) groups is 1. The molecule has 2 N–H and O–H groups in total. The highest BCUT2D eigenvalue weighted by molar-refractivity contribution is 5.80. The van der Waals surface area contributed by atoms with Gasteiger partial charge in [0.1, 0.15) is 0 Å². The minimum absolute atomic E-state index is 0.166. The second-order valence-electron chi connectivity index (χ2n) is 4.98. The standard InChI is InChI=1S/C10H14F2N2O/c11-10(12)1-5(2-10)9(15)14-8-6-3-13-4-7(6)8/h5-8,13H,1-4H2,(H,14,15). The summed E-state index contributed by atoms with van der Waals surface area (Å²) in [6, 6.07) is 0.257. The van der Waals surface area contributed by atoms with E-state index in [1.165, 1.54) is 0 Å². The molecule has 0 aromatic heterocycles. The Morgan fingerprint density at radius 3 is 2.40 bits per heavy atom. The summed E-state index contributed by atoms with van der Waals surface area (Å²) in [5, 5.41) is 6.11. The Morgan fingerprint density at radius 2 is 1.87 bits per heavy atom. The third-order valence-corrected chi connectivity index (χ3v) is 3.86. The first-order chi connectivity index (χ1) is 7.07. The molecule has 2 atom stereocenters. The summed E-state index contributed by atoms with van der Waals surface area (Å²) in [5.41, 5.74) is 0. The van der Waals surface area contributed by atoms with E-state index >= 15 is 0 Å². The molecule has 0 radical (unpaired) electrons. The summed E-state index contributed by atoms with van der Waals surface area (Å²) in [5.74, 6) is -2.11. The van der Waals surface area contributed by atoms with Gasteiger partial charge in [-0.25, -0.2) is 8.78 Å². The molecule has 2 aliphatic carbocycles. The molecule has 0 aromatic carbocycles. The molecule has 0 spiro atoms. The van der Waals surface area contributed by atoms with E-state index in [2.05, 4.69) is 10.6 Å². The SMILES string of the molecule is O=C(NC1C2CNCC21)C1CC(F)(F)C1. The molecule has 2 saturated carbocycles. The zero-order valence-electron chi connectivity index (χ0n) is 8.30. The average molecular weight is 216 g/mol. The van der Waals surface area contributed by atoms with E-state index in [0.29, 0.717) is 11.8 Å². The van der Waals surface area contributed by atoms with Gasteiger partial charge in [0.25, 0.3) is 0 Å². The molecule has 3 nitrogen and oxygen atoms in total. The Balaban J connectivity index is 1.47. The largest absolute Gasteiger partial charge is 0.352 e. The van der Waals surface area contributed by atoms with E-state index in [9.17, 15) is 13.6 Å². The Morgan fingerprint density at radius 1 is 1.27 bits per heavy atom. The number of carbonyl (C=O) groups excluding carboxylic acids is 1. The first-order valence-electron chi connectivity index (χ1n) is 5.46. The lowest BCUT2D eigenvalue weighted by atomic mass is 9.81. The lowest BCUT2D eigenvalue weighted by molar-refractivity contribution is -0.150. The molecular formula is C10H14F2N2O. The van der Waals surface area contributed by atoms with Crippen molar-refractivity contribution < 1.29 is 13.6 Å². The number of rotatable bonds is 2. The van der Waals surface area contributed by atoms with Crippen LogP contribution in [0.4, 0.5) is 8.78 Å². The van der Waals surface area contributed by atoms with Gasteiger partial charge in [0.05, 0.1) is 0 Å². The van der Waals surface area contributed by atoms with Crippen molar-refractivity contribution in [2.24, 2.45) is 17.8 Å². The molecular weight excluding hydrogens is 202 g/mol. The maximum atomic E-state index is 12.5. The smallest absolute Gasteiger partial charge is 0.249 e. The van der Waals surface area contributed by atoms with Crippen LogP contribution in [0.5, 0.6) is 0 Å². The quantitative estimate of drug-likeness (QED) is 0.700. The van der Waals surface area contributed by atoms with Crippen molar-refractivity contribution in [2.45, 2.75) is 24.8 Å². The minimum Gasteiger partial charge on any atom is -0.352 e. The second-order valence-corrected chi connectivity index (χ2v) is 4.98. The zero-order chi connectivity index (χ0) is 10.6. The second kappa shape index (κ2) is 2.90. The highest BCUT2D eigenvalue weighted by atomic mass is 19.3. The number of nitrogens with one attached hydrogen (secondary N) is 2. The number of alkyl halides is 2. The third kappa shape index (κ3) is 1.53. The van der Waals surface area contributed by atoms with Crippen molar-refractivity contribution in [3.8, 4) is 0 Å². The van der Waals surface area contributed by atoms with Gasteiger partial charge in [-0.1, -0.05) is 0 Å². The van der Waals surface area contributed by atoms with Crippen LogP contribution < -0.4 is 10.6 Å². The van der Waals surface area contributed by atoms with Crippen LogP contribution in [-0.2, 0) is 4.79 Å². The molecule has 0 bridgehead atoms. The molecule has 1 heterocycles. The van der Waals surface area contributed by atoms with Gasteiger partial charge < -0.3 is 10.6 Å². The fourth-order valence-electron chi connectivity index (χ4n) is 2.76. The number of fused-ring (bicyclic) bond motifs is 1. The van der Waals surface area contributed by atoms with Gasteiger partial charge >= 0.3 is 0 Å². The van der Waals surface area contributed by atoms with Crippen molar-refractivity contribution >= 4 is 5.91 Å². The summed E-state index contributed by atoms with van der Waals surface area (Å²) in [6.45, 7) is 1.91. The van der Waals surface area contributed by atoms with Crippen LogP contribution in [0.3, 0.4) is 0 Å². The summed E-state index contributed by atoms with van der Waals surface area (Å²) in [7, 11) is 0. The van der Waals surface area contributed by atoms with Gasteiger partial charge in [0, 0.05) is 37.9 Å². The van der Waals surface area contributed by atoms with Crippen molar-refractivity contribution in [2.75, 3.05) is 13.1 Å². The molecule has 3 rings (SSSR count). The van der Waals surface area contributed by atoms with Gasteiger partial charge in [-0.05, 0) is 11.8 Å². The first-order valence-corrected chi connectivity index (χ1v) is 5.46. The lowest BCUT2D eigenvalue weighted by Gasteiger charge is -2.33. The molecule has 15 heavy (non-hydrogen) atoms. The van der Waals surface area contributed by atoms with E-state index < -0.39 is 11.8 Å². The van der Waals surface area contributed by atoms with Crippen molar-refractivity contribution in [1.82, 2.24) is 10.6 Å². The fraction of sp³-hybridized carbons (Fsp3) is 0.900. The van der Waals surface area contributed by atoms with Gasteiger partial charge in [-0.2, -0.15) is 0 Å². The molecule has 84 valence electrons. The van der Waals surface area contributed by atoms with Crippen LogP contribution in [0.1, 0.15) is 12.8 Å². The van der Waals surface area contributed by atoms with Crippen molar-refractivity contribution in [3.05, 3.63) is 0 Å². The molecule has 1 saturated heterocycles. The maximum Gasteiger partial charge on any atom is 0.249 e. The third-order valence-electron chi connectivity index (χ3n) is 3.86. The predicted molar refractivity (Wildman–Crippen MR) is 49.5 cm³/mol. The number of hydrogen-bond donors (Lipinski definition) is 2. The summed E-state index contributed by atoms with van der Waals surface area (Å²) < 4.78 is 25.1. The zero-order valence-corrected chi connectivity index (χ0v) is 8.30. The average Bonchev–Trinajstić information content (AvgIpc) is 2.61. The highest BCUT2D eigenvalue weighted by Gasteiger charge is 2.55. The van der Waals surface area contributed by atoms with Crippen LogP contribution in [0.15, 0.2) is 0 Å². The Labute approximate surface area is 86.6 Å². The summed E-state index contributed by atoms with van der Waals surface area (Å²) >= 11 is 0. The van der Waals surface area contributed by atoms with E-state index in [1.54, 1.807) is 0 Å². The van der Waals surface area contributed by atoms with E-state index in [1.807, 2.05) is 0 Å². The lowest BCUT2D eigenvalue weighted by Crippen LogP contribution is -2.46. The molecule has 3 aliphatic rings. The normalized spacial score (nSPS) is 41.9. The molecule has 0 aromatic rings. The molecule has 3 fully saturated rings. The number of amides is 1. The highest BCUT2D eigenvalue weighted by Crippen LogP contribution is 2.45. The maximum absolute atomic E-state index is 12.5. The molecule has 2 unspecified atom stereocenters. The van der Waals surface area contributed by atoms with Crippen molar-refractivity contribution in [1.29, 1.82) is 0 Å². The Hall–Kier alpha value is -0.710.